The molecule has 6 heavy (non-hydrogen) atoms. The Kier molecular flexibility index (Phi) is 1.72. The Bertz CT molecular complexity index is 110. The lowest BCUT2D eigenvalue weighted by atomic mass is 15.9. The van der Waals surface area contributed by atoms with E-state index >= 15 is 0 Å². The molecule has 0 aromatic heterocycles. The third kappa shape index (κ3) is 4.09. The summed E-state index contributed by atoms with van der Waals surface area (Å²) >= 11 is 0. The molecule has 0 aliphatic carbocycles. The molecule has 0 amide bonds. The summed E-state index contributed by atoms with van der Waals surface area (Å²) in [7, 11) is -6.19. The van der Waals surface area contributed by atoms with Gasteiger partial charge in [0, 0.05) is 0 Å². The van der Waals surface area contributed by atoms with E-state index in [1.54, 1.807) is 0 Å². The van der Waals surface area contributed by atoms with Crippen molar-refractivity contribution in [1.82, 2.24) is 0 Å². The first-order valence-electron chi connectivity index (χ1n) is 1.12. The maximum atomic E-state index is 9.37. The molecule has 0 aliphatic heterocycles. The zero-order valence-corrected chi connectivity index (χ0v) is 5.06. The van der Waals surface area contributed by atoms with E-state index in [0.29, 0.717) is 0 Å². The van der Waals surface area contributed by atoms with Gasteiger partial charge in [-0.1, -0.05) is 0 Å². The van der Waals surface area contributed by atoms with E-state index in [-0.39, 0.29) is 0 Å². The Balaban J connectivity index is 3.85. The molecule has 0 saturated heterocycles. The summed E-state index contributed by atoms with van der Waals surface area (Å²) in [5.41, 5.74) is 0. The Morgan fingerprint density at radius 1 is 1.50 bits per heavy atom. The minimum atomic E-state index is -3.97. The molecule has 6 heteroatoms. The van der Waals surface area contributed by atoms with Crippen molar-refractivity contribution in [1.29, 1.82) is 0 Å². The molecule has 38 valence electrons. The maximum absolute atomic E-state index is 9.37. The van der Waals surface area contributed by atoms with Crippen LogP contribution in [0.2, 0.25) is 0 Å². The van der Waals surface area contributed by atoms with Gasteiger partial charge in [0.1, 0.15) is 0 Å². The van der Waals surface area contributed by atoms with Crippen LogP contribution in [0, 0.1) is 0 Å². The second kappa shape index (κ2) is 1.69. The smallest absolute Gasteiger partial charge is 0.329 e. The fourth-order valence-corrected chi connectivity index (χ4v) is 0. The lowest BCUT2D eigenvalue weighted by Gasteiger charge is -1.78. The van der Waals surface area contributed by atoms with Crippen molar-refractivity contribution >= 4 is 18.5 Å². The second-order valence-electron chi connectivity index (χ2n) is 0.711. The molecular formula is H4O4SSi. The molecule has 0 unspecified atom stereocenters. The van der Waals surface area contributed by atoms with Gasteiger partial charge in [-0.2, -0.15) is 0 Å². The van der Waals surface area contributed by atoms with Crippen LogP contribution >= 0.6 is 0 Å². The molecule has 4 nitrogen and oxygen atoms in total. The Morgan fingerprint density at radius 2 is 1.67 bits per heavy atom. The third-order valence-electron chi connectivity index (χ3n) is 0.163. The molecule has 0 atom stereocenters. The first kappa shape index (κ1) is 6.09. The summed E-state index contributed by atoms with van der Waals surface area (Å²) in [5.74, 6) is 0. The summed E-state index contributed by atoms with van der Waals surface area (Å²) in [6.45, 7) is 0. The van der Waals surface area contributed by atoms with Crippen LogP contribution in [0.15, 0.2) is 0 Å². The minimum Gasteiger partial charge on any atom is -0.422 e. The topological polar surface area (TPSA) is 74.6 Å². The van der Waals surface area contributed by atoms with E-state index in [4.69, 9.17) is 9.35 Å². The summed E-state index contributed by atoms with van der Waals surface area (Å²) in [6, 6.07) is 0. The van der Waals surface area contributed by atoms with E-state index < -0.39 is 18.5 Å². The molecule has 0 heterocycles. The molecule has 0 rings (SSSR count). The van der Waals surface area contributed by atoms with Gasteiger partial charge in [-0.15, -0.1) is 0 Å². The monoisotopic (exact) mass is 128 g/mol. The quantitative estimate of drug-likeness (QED) is 0.312. The van der Waals surface area contributed by atoms with Crippen molar-refractivity contribution in [3.63, 3.8) is 0 Å². The van der Waals surface area contributed by atoms with Gasteiger partial charge < -0.3 is 4.80 Å². The van der Waals surface area contributed by atoms with Crippen LogP contribution in [0.4, 0.5) is 0 Å². The van der Waals surface area contributed by atoms with Gasteiger partial charge in [-0.25, -0.2) is 8.42 Å². The van der Waals surface area contributed by atoms with E-state index in [0.717, 1.165) is 0 Å². The fourth-order valence-electron chi connectivity index (χ4n) is 0. The van der Waals surface area contributed by atoms with E-state index in [1.807, 2.05) is 0 Å². The van der Waals surface area contributed by atoms with Crippen LogP contribution in [0.3, 0.4) is 0 Å². The van der Waals surface area contributed by atoms with E-state index in [1.165, 1.54) is 0 Å². The van der Waals surface area contributed by atoms with Crippen LogP contribution < -0.4 is 0 Å². The predicted octanol–water partition coefficient (Wildman–Crippen LogP) is -2.13. The highest BCUT2D eigenvalue weighted by Gasteiger charge is 1.97. The normalized spacial score (nSPS) is 13.7. The van der Waals surface area contributed by atoms with Gasteiger partial charge in [0.15, 0.2) is 0 Å². The average Bonchev–Trinajstić information content (AvgIpc) is 1.35. The Morgan fingerprint density at radius 3 is 1.67 bits per heavy atom. The molecule has 0 radical (unpaired) electrons. The minimum absolute atomic E-state index is 2.22. The zero-order chi connectivity index (χ0) is 5.21. The van der Waals surface area contributed by atoms with Crippen molar-refractivity contribution in [2.24, 2.45) is 0 Å². The van der Waals surface area contributed by atoms with E-state index in [9.17, 15) is 8.42 Å². The average molecular weight is 128 g/mol. The predicted molar refractivity (Wildman–Crippen MR) is 22.3 cm³/mol. The van der Waals surface area contributed by atoms with Crippen LogP contribution in [0.5, 0.6) is 0 Å². The molecule has 0 aliphatic rings. The highest BCUT2D eigenvalue weighted by molar-refractivity contribution is 8.09. The van der Waals surface area contributed by atoms with Gasteiger partial charge in [0.25, 0.3) is 9.57 Å². The third-order valence-corrected chi connectivity index (χ3v) is 1.47. The standard InChI is InChI=1S/H4O4SSi/c1-5(2,3)6-4/h4H,6H2,(H,1,2,3). The lowest BCUT2D eigenvalue weighted by molar-refractivity contribution is 0.490. The first-order valence-corrected chi connectivity index (χ1v) is 5.09. The number of hydrogen-bond acceptors (Lipinski definition) is 3. The Labute approximate surface area is 37.1 Å². The van der Waals surface area contributed by atoms with Crippen LogP contribution in [-0.4, -0.2) is 26.7 Å². The molecular weight excluding hydrogens is 124 g/mol. The van der Waals surface area contributed by atoms with Crippen LogP contribution in [-0.2, 0) is 9.57 Å². The van der Waals surface area contributed by atoms with Crippen molar-refractivity contribution in [3.05, 3.63) is 0 Å². The van der Waals surface area contributed by atoms with Gasteiger partial charge in [0.2, 0.25) is 0 Å². The first-order chi connectivity index (χ1) is 2.56. The van der Waals surface area contributed by atoms with Crippen molar-refractivity contribution < 1.29 is 17.8 Å². The highest BCUT2D eigenvalue weighted by atomic mass is 32.4. The second-order valence-corrected chi connectivity index (χ2v) is 5.10. The van der Waals surface area contributed by atoms with Gasteiger partial charge in [-0.05, 0) is 0 Å². The summed E-state index contributed by atoms with van der Waals surface area (Å²) in [4.78, 5) is 7.70. The Hall–Kier alpha value is 0.0869. The lowest BCUT2D eigenvalue weighted by Crippen LogP contribution is -2.05. The van der Waals surface area contributed by atoms with Crippen LogP contribution in [0.25, 0.3) is 0 Å². The van der Waals surface area contributed by atoms with Crippen molar-refractivity contribution in [3.8, 4) is 0 Å². The molecule has 2 N–H and O–H groups in total. The molecule has 0 saturated carbocycles. The molecule has 0 aromatic carbocycles. The molecule has 0 aromatic rings. The summed E-state index contributed by atoms with van der Waals surface area (Å²) < 4.78 is 26.3. The number of hydrogen-bond donors (Lipinski definition) is 2. The summed E-state index contributed by atoms with van der Waals surface area (Å²) in [6.07, 6.45) is 0. The van der Waals surface area contributed by atoms with Crippen LogP contribution in [0.1, 0.15) is 0 Å². The van der Waals surface area contributed by atoms with Gasteiger partial charge >= 0.3 is 8.91 Å². The fraction of sp³-hybridized carbons (Fsp3) is 0. The van der Waals surface area contributed by atoms with Crippen molar-refractivity contribution in [2.45, 2.75) is 0 Å². The van der Waals surface area contributed by atoms with Gasteiger partial charge in [0.05, 0.1) is 0 Å². The summed E-state index contributed by atoms with van der Waals surface area (Å²) in [5, 5.41) is 0. The zero-order valence-electron chi connectivity index (χ0n) is 2.83. The molecule has 0 bridgehead atoms. The maximum Gasteiger partial charge on any atom is 0.329 e. The SMILES string of the molecule is O=S(=O)(O)[SiH2]O. The van der Waals surface area contributed by atoms with Gasteiger partial charge in [-0.3, -0.25) is 4.55 Å². The number of rotatable bonds is 1. The van der Waals surface area contributed by atoms with E-state index in [2.05, 4.69) is 0 Å². The van der Waals surface area contributed by atoms with Crippen molar-refractivity contribution in [2.75, 3.05) is 0 Å². The largest absolute Gasteiger partial charge is 0.422 e. The highest BCUT2D eigenvalue weighted by Crippen LogP contribution is 1.67. The molecule has 0 fully saturated rings. The molecule has 0 spiro atoms.